The lowest BCUT2D eigenvalue weighted by molar-refractivity contribution is 0.261. The predicted molar refractivity (Wildman–Crippen MR) is 97.1 cm³/mol. The molecule has 0 unspecified atom stereocenters. The summed E-state index contributed by atoms with van der Waals surface area (Å²) in [5.74, 6) is 0.431. The minimum absolute atomic E-state index is 0.0318. The third-order valence-electron chi connectivity index (χ3n) is 3.65. The number of hydrogen-bond donors (Lipinski definition) is 2. The van der Waals surface area contributed by atoms with E-state index >= 15 is 0 Å². The van der Waals surface area contributed by atoms with Gasteiger partial charge in [0.1, 0.15) is 0 Å². The lowest BCUT2D eigenvalue weighted by Gasteiger charge is -2.06. The first-order valence-electron chi connectivity index (χ1n) is 7.72. The molecule has 1 aromatic heterocycles. The zero-order valence-electron chi connectivity index (χ0n) is 13.8. The van der Waals surface area contributed by atoms with E-state index in [1.807, 2.05) is 26.0 Å². The first-order valence-corrected chi connectivity index (χ1v) is 8.10. The molecule has 3 aromatic rings. The van der Waals surface area contributed by atoms with Crippen LogP contribution in [0.4, 0.5) is 16.5 Å². The number of urea groups is 1. The molecule has 0 saturated carbocycles. The summed E-state index contributed by atoms with van der Waals surface area (Å²) >= 11 is 6.00. The van der Waals surface area contributed by atoms with Gasteiger partial charge in [-0.1, -0.05) is 52.6 Å². The van der Waals surface area contributed by atoms with Crippen LogP contribution in [-0.4, -0.2) is 16.2 Å². The topological polar surface area (TPSA) is 80.0 Å². The maximum absolute atomic E-state index is 12.0. The lowest BCUT2D eigenvalue weighted by atomic mass is 10.0. The van der Waals surface area contributed by atoms with Crippen molar-refractivity contribution in [3.05, 3.63) is 70.1 Å². The smallest absolute Gasteiger partial charge is 0.327 e. The van der Waals surface area contributed by atoms with E-state index in [0.29, 0.717) is 23.0 Å². The lowest BCUT2D eigenvalue weighted by Crippen LogP contribution is -2.19. The Bertz CT molecular complexity index is 908. The van der Waals surface area contributed by atoms with Crippen molar-refractivity contribution in [2.45, 2.75) is 20.3 Å². The molecule has 0 radical (unpaired) electrons. The number of carbonyl (C=O) groups excluding carboxylic acids is 1. The van der Waals surface area contributed by atoms with Gasteiger partial charge in [0.2, 0.25) is 5.89 Å². The summed E-state index contributed by atoms with van der Waals surface area (Å²) in [6.07, 6.45) is 0.507. The summed E-state index contributed by atoms with van der Waals surface area (Å²) in [7, 11) is 0. The average molecular weight is 357 g/mol. The van der Waals surface area contributed by atoms with Gasteiger partial charge in [0.15, 0.2) is 0 Å². The quantitative estimate of drug-likeness (QED) is 0.717. The highest BCUT2D eigenvalue weighted by Crippen LogP contribution is 2.21. The molecule has 0 atom stereocenters. The van der Waals surface area contributed by atoms with Crippen molar-refractivity contribution in [1.82, 2.24) is 10.2 Å². The second-order valence-electron chi connectivity index (χ2n) is 5.67. The third kappa shape index (κ3) is 4.36. The van der Waals surface area contributed by atoms with Crippen LogP contribution in [0, 0.1) is 13.8 Å². The zero-order valence-corrected chi connectivity index (χ0v) is 14.6. The largest absolute Gasteiger partial charge is 0.407 e. The Balaban J connectivity index is 1.63. The van der Waals surface area contributed by atoms with Crippen molar-refractivity contribution in [1.29, 1.82) is 0 Å². The average Bonchev–Trinajstić information content (AvgIpc) is 2.99. The van der Waals surface area contributed by atoms with Crippen molar-refractivity contribution >= 4 is 29.3 Å². The highest BCUT2D eigenvalue weighted by molar-refractivity contribution is 6.33. The molecular weight excluding hydrogens is 340 g/mol. The van der Waals surface area contributed by atoms with E-state index < -0.39 is 6.03 Å². The van der Waals surface area contributed by atoms with Gasteiger partial charge in [-0.05, 0) is 37.1 Å². The van der Waals surface area contributed by atoms with Crippen molar-refractivity contribution < 1.29 is 9.21 Å². The molecular formula is C18H17ClN4O2. The molecule has 0 aliphatic rings. The van der Waals surface area contributed by atoms with E-state index in [9.17, 15) is 4.79 Å². The van der Waals surface area contributed by atoms with Crippen LogP contribution < -0.4 is 10.6 Å². The van der Waals surface area contributed by atoms with E-state index in [2.05, 4.69) is 26.9 Å². The van der Waals surface area contributed by atoms with E-state index in [4.69, 9.17) is 16.0 Å². The SMILES string of the molecule is Cc1ccc(Cc2nnc(NC(=O)Nc3ccccc3Cl)o2)c(C)c1. The first kappa shape index (κ1) is 17.0. The number of nitrogens with one attached hydrogen (secondary N) is 2. The number of nitrogens with zero attached hydrogens (tertiary/aromatic N) is 2. The number of anilines is 2. The monoisotopic (exact) mass is 356 g/mol. The molecule has 1 heterocycles. The van der Waals surface area contributed by atoms with Gasteiger partial charge in [-0.15, -0.1) is 5.10 Å². The Morgan fingerprint density at radius 1 is 1.12 bits per heavy atom. The Labute approximate surface area is 150 Å². The molecule has 128 valence electrons. The normalized spacial score (nSPS) is 10.5. The fourth-order valence-corrected chi connectivity index (χ4v) is 2.58. The van der Waals surface area contributed by atoms with Gasteiger partial charge in [0.25, 0.3) is 0 Å². The summed E-state index contributed by atoms with van der Waals surface area (Å²) in [6, 6.07) is 12.6. The van der Waals surface area contributed by atoms with Crippen molar-refractivity contribution in [3.63, 3.8) is 0 Å². The van der Waals surface area contributed by atoms with E-state index in [0.717, 1.165) is 11.1 Å². The van der Waals surface area contributed by atoms with Crippen molar-refractivity contribution in [3.8, 4) is 0 Å². The number of hydrogen-bond acceptors (Lipinski definition) is 4. The Morgan fingerprint density at radius 2 is 1.92 bits per heavy atom. The van der Waals surface area contributed by atoms with Crippen LogP contribution in [0.2, 0.25) is 5.02 Å². The minimum atomic E-state index is -0.505. The fraction of sp³-hybridized carbons (Fsp3) is 0.167. The molecule has 6 nitrogen and oxygen atoms in total. The van der Waals surface area contributed by atoms with Gasteiger partial charge in [0, 0.05) is 0 Å². The van der Waals surface area contributed by atoms with Crippen molar-refractivity contribution in [2.24, 2.45) is 0 Å². The van der Waals surface area contributed by atoms with Crippen LogP contribution >= 0.6 is 11.6 Å². The van der Waals surface area contributed by atoms with Gasteiger partial charge in [-0.3, -0.25) is 5.32 Å². The first-order chi connectivity index (χ1) is 12.0. The van der Waals surface area contributed by atoms with Crippen LogP contribution in [-0.2, 0) is 6.42 Å². The maximum Gasteiger partial charge on any atom is 0.327 e. The molecule has 7 heteroatoms. The van der Waals surface area contributed by atoms with Gasteiger partial charge in [-0.25, -0.2) is 4.79 Å². The standard InChI is InChI=1S/C18H17ClN4O2/c1-11-7-8-13(12(2)9-11)10-16-22-23-18(25-16)21-17(24)20-15-6-4-3-5-14(15)19/h3-9H,10H2,1-2H3,(H2,20,21,23,24). The number of benzene rings is 2. The minimum Gasteiger partial charge on any atom is -0.407 e. The van der Waals surface area contributed by atoms with Gasteiger partial charge < -0.3 is 9.73 Å². The summed E-state index contributed by atoms with van der Waals surface area (Å²) in [6.45, 7) is 4.08. The molecule has 0 spiro atoms. The number of aryl methyl sites for hydroxylation is 2. The zero-order chi connectivity index (χ0) is 17.8. The number of para-hydroxylation sites is 1. The summed E-state index contributed by atoms with van der Waals surface area (Å²) in [4.78, 5) is 12.0. The Kier molecular flexibility index (Phi) is 5.00. The predicted octanol–water partition coefficient (Wildman–Crippen LogP) is 4.57. The number of rotatable bonds is 4. The second-order valence-corrected chi connectivity index (χ2v) is 6.07. The molecule has 3 rings (SSSR count). The van der Waals surface area contributed by atoms with Crippen LogP contribution in [0.15, 0.2) is 46.9 Å². The molecule has 2 N–H and O–H groups in total. The maximum atomic E-state index is 12.0. The highest BCUT2D eigenvalue weighted by atomic mass is 35.5. The van der Waals surface area contributed by atoms with Gasteiger partial charge >= 0.3 is 12.0 Å². The molecule has 0 fully saturated rings. The van der Waals surface area contributed by atoms with E-state index in [1.54, 1.807) is 24.3 Å². The molecule has 25 heavy (non-hydrogen) atoms. The summed E-state index contributed by atoms with van der Waals surface area (Å²) in [5.41, 5.74) is 3.95. The Hall–Kier alpha value is -2.86. The summed E-state index contributed by atoms with van der Waals surface area (Å²) in [5, 5.41) is 13.4. The highest BCUT2D eigenvalue weighted by Gasteiger charge is 2.12. The number of halogens is 1. The van der Waals surface area contributed by atoms with E-state index in [1.165, 1.54) is 5.56 Å². The number of amides is 2. The number of carbonyl (C=O) groups is 1. The Morgan fingerprint density at radius 3 is 2.68 bits per heavy atom. The molecule has 0 aliphatic carbocycles. The molecule has 0 aliphatic heterocycles. The summed E-state index contributed by atoms with van der Waals surface area (Å²) < 4.78 is 5.48. The van der Waals surface area contributed by atoms with Gasteiger partial charge in [-0.2, -0.15) is 0 Å². The van der Waals surface area contributed by atoms with Crippen LogP contribution in [0.5, 0.6) is 0 Å². The fourth-order valence-electron chi connectivity index (χ4n) is 2.40. The molecule has 2 aromatic carbocycles. The van der Waals surface area contributed by atoms with Crippen LogP contribution in [0.3, 0.4) is 0 Å². The van der Waals surface area contributed by atoms with Crippen LogP contribution in [0.25, 0.3) is 0 Å². The molecule has 2 amide bonds. The molecule has 0 saturated heterocycles. The van der Waals surface area contributed by atoms with Gasteiger partial charge in [0.05, 0.1) is 17.1 Å². The molecule has 0 bridgehead atoms. The van der Waals surface area contributed by atoms with Crippen molar-refractivity contribution in [2.75, 3.05) is 10.6 Å². The van der Waals surface area contributed by atoms with E-state index in [-0.39, 0.29) is 6.01 Å². The number of aromatic nitrogens is 2. The second kappa shape index (κ2) is 7.36. The third-order valence-corrected chi connectivity index (χ3v) is 3.98. The van der Waals surface area contributed by atoms with Crippen LogP contribution in [0.1, 0.15) is 22.6 Å².